The van der Waals surface area contributed by atoms with Gasteiger partial charge in [0.15, 0.2) is 0 Å². The third-order valence-electron chi connectivity index (χ3n) is 7.71. The molecule has 1 saturated carbocycles. The summed E-state index contributed by atoms with van der Waals surface area (Å²) in [6.07, 6.45) is 6.04. The first kappa shape index (κ1) is 21.7. The highest BCUT2D eigenvalue weighted by molar-refractivity contribution is 6.29. The van der Waals surface area contributed by atoms with Gasteiger partial charge in [-0.3, -0.25) is 19.3 Å². The van der Waals surface area contributed by atoms with Gasteiger partial charge in [-0.2, -0.15) is 0 Å². The Kier molecular flexibility index (Phi) is 5.30. The van der Waals surface area contributed by atoms with Crippen LogP contribution in [0.4, 0.5) is 11.4 Å². The van der Waals surface area contributed by atoms with Crippen LogP contribution in [0.15, 0.2) is 24.3 Å². The SMILES string of the molecule is CCN1c2ccc3c4c(ccc(c24)N(CC)C12CCCCC2)C(=O)N(CCCC(=O)O)C3=O. The standard InChI is InChI=1S/C26H31N3O4/c1-3-28-19-12-10-17-22-18(25(33)27(24(17)32)16-8-9-21(30)31)11-13-20(23(19)22)29(4-2)26(28)14-6-5-7-15-26/h10-13H,3-9,14-16H2,1-2H3,(H,30,31). The van der Waals surface area contributed by atoms with Crippen molar-refractivity contribution in [2.75, 3.05) is 29.4 Å². The van der Waals surface area contributed by atoms with E-state index in [-0.39, 0.29) is 36.9 Å². The molecule has 2 heterocycles. The maximum Gasteiger partial charge on any atom is 0.303 e. The van der Waals surface area contributed by atoms with Crippen LogP contribution in [-0.4, -0.2) is 53.1 Å². The number of aliphatic carboxylic acids is 1. The fraction of sp³-hybridized carbons (Fsp3) is 0.500. The van der Waals surface area contributed by atoms with E-state index in [4.69, 9.17) is 5.11 Å². The van der Waals surface area contributed by atoms with Crippen molar-refractivity contribution in [3.05, 3.63) is 35.4 Å². The molecule has 0 unspecified atom stereocenters. The monoisotopic (exact) mass is 449 g/mol. The van der Waals surface area contributed by atoms with E-state index < -0.39 is 5.97 Å². The molecular formula is C26H31N3O4. The van der Waals surface area contributed by atoms with Crippen LogP contribution in [0.3, 0.4) is 0 Å². The summed E-state index contributed by atoms with van der Waals surface area (Å²) in [7, 11) is 0. The smallest absolute Gasteiger partial charge is 0.303 e. The topological polar surface area (TPSA) is 81.2 Å². The lowest BCUT2D eigenvalue weighted by Gasteiger charge is -2.58. The van der Waals surface area contributed by atoms with E-state index in [2.05, 4.69) is 35.8 Å². The number of carbonyl (C=O) groups is 3. The van der Waals surface area contributed by atoms with Gasteiger partial charge < -0.3 is 14.9 Å². The summed E-state index contributed by atoms with van der Waals surface area (Å²) < 4.78 is 0. The second-order valence-electron chi connectivity index (χ2n) is 9.31. The zero-order chi connectivity index (χ0) is 23.3. The predicted molar refractivity (Wildman–Crippen MR) is 128 cm³/mol. The van der Waals surface area contributed by atoms with Gasteiger partial charge in [-0.25, -0.2) is 0 Å². The van der Waals surface area contributed by atoms with Crippen LogP contribution < -0.4 is 9.80 Å². The van der Waals surface area contributed by atoms with Gasteiger partial charge in [0.1, 0.15) is 5.66 Å². The number of imide groups is 1. The molecule has 7 nitrogen and oxygen atoms in total. The molecule has 1 fully saturated rings. The number of carbonyl (C=O) groups excluding carboxylic acids is 2. The molecule has 0 saturated heterocycles. The number of rotatable bonds is 6. The van der Waals surface area contributed by atoms with Crippen molar-refractivity contribution in [2.24, 2.45) is 0 Å². The highest BCUT2D eigenvalue weighted by Crippen LogP contribution is 2.52. The molecule has 1 spiro atoms. The first-order chi connectivity index (χ1) is 15.9. The lowest BCUT2D eigenvalue weighted by atomic mass is 9.81. The normalized spacial score (nSPS) is 19.0. The quantitative estimate of drug-likeness (QED) is 0.648. The number of hydrogen-bond acceptors (Lipinski definition) is 5. The van der Waals surface area contributed by atoms with Gasteiger partial charge in [-0.05, 0) is 70.2 Å². The number of hydrogen-bond donors (Lipinski definition) is 1. The first-order valence-corrected chi connectivity index (χ1v) is 12.2. The van der Waals surface area contributed by atoms with Crippen molar-refractivity contribution < 1.29 is 19.5 Å². The number of anilines is 2. The zero-order valence-corrected chi connectivity index (χ0v) is 19.4. The number of benzene rings is 2. The molecule has 2 aliphatic heterocycles. The van der Waals surface area contributed by atoms with E-state index in [0.717, 1.165) is 48.1 Å². The minimum Gasteiger partial charge on any atom is -0.481 e. The molecule has 0 atom stereocenters. The summed E-state index contributed by atoms with van der Waals surface area (Å²) in [6.45, 7) is 6.20. The Labute approximate surface area is 193 Å². The highest BCUT2D eigenvalue weighted by atomic mass is 16.4. The second-order valence-corrected chi connectivity index (χ2v) is 9.31. The molecule has 33 heavy (non-hydrogen) atoms. The lowest BCUT2D eigenvalue weighted by molar-refractivity contribution is -0.137. The van der Waals surface area contributed by atoms with Crippen LogP contribution in [0.5, 0.6) is 0 Å². The van der Waals surface area contributed by atoms with Crippen molar-refractivity contribution in [3.63, 3.8) is 0 Å². The van der Waals surface area contributed by atoms with E-state index in [0.29, 0.717) is 11.1 Å². The molecule has 0 radical (unpaired) electrons. The van der Waals surface area contributed by atoms with Crippen molar-refractivity contribution in [3.8, 4) is 0 Å². The van der Waals surface area contributed by atoms with E-state index in [9.17, 15) is 14.4 Å². The fourth-order valence-electron chi connectivity index (χ4n) is 6.42. The Morgan fingerprint density at radius 3 is 1.91 bits per heavy atom. The molecule has 174 valence electrons. The maximum absolute atomic E-state index is 13.3. The Balaban J connectivity index is 1.67. The van der Waals surface area contributed by atoms with E-state index in [1.165, 1.54) is 24.2 Å². The molecule has 1 N–H and O–H groups in total. The Hall–Kier alpha value is -3.09. The molecule has 0 aromatic heterocycles. The van der Waals surface area contributed by atoms with Crippen molar-refractivity contribution in [2.45, 2.75) is 64.5 Å². The van der Waals surface area contributed by atoms with Crippen molar-refractivity contribution >= 4 is 39.9 Å². The summed E-state index contributed by atoms with van der Waals surface area (Å²) >= 11 is 0. The second kappa shape index (κ2) is 8.04. The molecule has 3 aliphatic rings. The van der Waals surface area contributed by atoms with Crippen molar-refractivity contribution in [1.29, 1.82) is 0 Å². The van der Waals surface area contributed by atoms with Crippen LogP contribution in [-0.2, 0) is 4.79 Å². The van der Waals surface area contributed by atoms with E-state index >= 15 is 0 Å². The summed E-state index contributed by atoms with van der Waals surface area (Å²) in [5, 5.41) is 10.7. The van der Waals surface area contributed by atoms with Crippen LogP contribution in [0, 0.1) is 0 Å². The number of carboxylic acids is 1. The summed E-state index contributed by atoms with van der Waals surface area (Å²) in [6, 6.07) is 7.84. The fourth-order valence-corrected chi connectivity index (χ4v) is 6.42. The van der Waals surface area contributed by atoms with Crippen LogP contribution in [0.2, 0.25) is 0 Å². The zero-order valence-electron chi connectivity index (χ0n) is 19.4. The largest absolute Gasteiger partial charge is 0.481 e. The van der Waals surface area contributed by atoms with Gasteiger partial charge in [-0.1, -0.05) is 6.42 Å². The third-order valence-corrected chi connectivity index (χ3v) is 7.71. The molecular weight excluding hydrogens is 418 g/mol. The van der Waals surface area contributed by atoms with Gasteiger partial charge >= 0.3 is 5.97 Å². The summed E-state index contributed by atoms with van der Waals surface area (Å²) in [5.74, 6) is -1.59. The first-order valence-electron chi connectivity index (χ1n) is 12.2. The van der Waals surface area contributed by atoms with Crippen LogP contribution >= 0.6 is 0 Å². The van der Waals surface area contributed by atoms with Crippen LogP contribution in [0.1, 0.15) is 79.5 Å². The molecule has 7 heteroatoms. The number of amides is 2. The van der Waals surface area contributed by atoms with Gasteiger partial charge in [-0.15, -0.1) is 0 Å². The molecule has 2 amide bonds. The van der Waals surface area contributed by atoms with Gasteiger partial charge in [0.05, 0.1) is 0 Å². The van der Waals surface area contributed by atoms with Gasteiger partial charge in [0.25, 0.3) is 11.8 Å². The maximum atomic E-state index is 13.3. The Bertz CT molecular complexity index is 1080. The number of nitrogens with zero attached hydrogens (tertiary/aromatic N) is 3. The van der Waals surface area contributed by atoms with Crippen molar-refractivity contribution in [1.82, 2.24) is 4.90 Å². The summed E-state index contributed by atoms with van der Waals surface area (Å²) in [5.41, 5.74) is 3.23. The molecule has 2 aromatic rings. The van der Waals surface area contributed by atoms with Gasteiger partial charge in [0.2, 0.25) is 0 Å². The third kappa shape index (κ3) is 3.05. The Morgan fingerprint density at radius 1 is 0.879 bits per heavy atom. The molecule has 2 aromatic carbocycles. The molecule has 0 bridgehead atoms. The minimum atomic E-state index is -0.929. The predicted octanol–water partition coefficient (Wildman–Crippen LogP) is 4.63. The number of carboxylic acid groups (broad SMARTS) is 1. The van der Waals surface area contributed by atoms with E-state index in [1.54, 1.807) is 0 Å². The van der Waals surface area contributed by atoms with E-state index in [1.807, 2.05) is 12.1 Å². The minimum absolute atomic E-state index is 0.0638. The molecule has 5 rings (SSSR count). The summed E-state index contributed by atoms with van der Waals surface area (Å²) in [4.78, 5) is 43.8. The lowest BCUT2D eigenvalue weighted by Crippen LogP contribution is -2.64. The van der Waals surface area contributed by atoms with Gasteiger partial charge in [0, 0.05) is 59.3 Å². The van der Waals surface area contributed by atoms with Crippen LogP contribution in [0.25, 0.3) is 10.8 Å². The Morgan fingerprint density at radius 2 is 1.42 bits per heavy atom. The average Bonchev–Trinajstić information content (AvgIpc) is 2.81. The highest BCUT2D eigenvalue weighted by Gasteiger charge is 2.47. The average molecular weight is 450 g/mol. The molecule has 1 aliphatic carbocycles.